The van der Waals surface area contributed by atoms with Crippen molar-refractivity contribution in [2.24, 2.45) is 11.8 Å². The molecule has 0 radical (unpaired) electrons. The summed E-state index contributed by atoms with van der Waals surface area (Å²) in [6, 6.07) is 6.29. The van der Waals surface area contributed by atoms with Gasteiger partial charge in [0.25, 0.3) is 5.91 Å². The topological polar surface area (TPSA) is 110 Å². The molecule has 3 amide bonds. The van der Waals surface area contributed by atoms with Gasteiger partial charge in [-0.25, -0.2) is 0 Å². The maximum atomic E-state index is 12.3. The van der Waals surface area contributed by atoms with Gasteiger partial charge >= 0.3 is 5.97 Å². The van der Waals surface area contributed by atoms with E-state index >= 15 is 0 Å². The van der Waals surface area contributed by atoms with Crippen molar-refractivity contribution in [3.63, 3.8) is 0 Å². The summed E-state index contributed by atoms with van der Waals surface area (Å²) in [5.41, 5.74) is 0.977. The second-order valence-electron chi connectivity index (χ2n) is 7.10. The summed E-state index contributed by atoms with van der Waals surface area (Å²) in [5, 5.41) is 2.54. The minimum Gasteiger partial charge on any atom is -0.454 e. The molecular formula is C20H22N2O6. The van der Waals surface area contributed by atoms with Gasteiger partial charge in [0.15, 0.2) is 12.4 Å². The summed E-state index contributed by atoms with van der Waals surface area (Å²) in [6.07, 6.45) is 3.16. The number of esters is 1. The van der Waals surface area contributed by atoms with E-state index < -0.39 is 25.0 Å². The number of ketones is 1. The number of carbonyl (C=O) groups is 5. The first kappa shape index (κ1) is 19.7. The third-order valence-corrected chi connectivity index (χ3v) is 5.16. The van der Waals surface area contributed by atoms with E-state index in [4.69, 9.17) is 4.74 Å². The van der Waals surface area contributed by atoms with Crippen LogP contribution in [0.15, 0.2) is 24.3 Å². The highest BCUT2D eigenvalue weighted by atomic mass is 16.5. The van der Waals surface area contributed by atoms with E-state index in [1.807, 2.05) is 0 Å². The Labute approximate surface area is 162 Å². The number of anilines is 1. The first-order valence-corrected chi connectivity index (χ1v) is 9.28. The summed E-state index contributed by atoms with van der Waals surface area (Å²) in [7, 11) is 0. The van der Waals surface area contributed by atoms with Crippen molar-refractivity contribution in [3.8, 4) is 0 Å². The summed E-state index contributed by atoms with van der Waals surface area (Å²) < 4.78 is 4.90. The smallest absolute Gasteiger partial charge is 0.326 e. The van der Waals surface area contributed by atoms with Crippen LogP contribution in [0.5, 0.6) is 0 Å². The van der Waals surface area contributed by atoms with Gasteiger partial charge in [0.1, 0.15) is 6.54 Å². The van der Waals surface area contributed by atoms with Gasteiger partial charge in [-0.15, -0.1) is 0 Å². The maximum Gasteiger partial charge on any atom is 0.326 e. The fraction of sp³-hybridized carbons (Fsp3) is 0.450. The molecule has 8 heteroatoms. The van der Waals surface area contributed by atoms with E-state index in [9.17, 15) is 24.0 Å². The average Bonchev–Trinajstić information content (AvgIpc) is 2.92. The van der Waals surface area contributed by atoms with Crippen LogP contribution < -0.4 is 5.32 Å². The van der Waals surface area contributed by atoms with Crippen molar-refractivity contribution in [2.75, 3.05) is 18.5 Å². The van der Waals surface area contributed by atoms with Gasteiger partial charge in [0.2, 0.25) is 11.8 Å². The van der Waals surface area contributed by atoms with E-state index in [2.05, 4.69) is 5.32 Å². The van der Waals surface area contributed by atoms with Gasteiger partial charge < -0.3 is 10.1 Å². The highest BCUT2D eigenvalue weighted by Crippen LogP contribution is 2.37. The fourth-order valence-electron chi connectivity index (χ4n) is 3.69. The second kappa shape index (κ2) is 8.33. The Bertz CT molecular complexity index is 792. The molecule has 1 saturated carbocycles. The molecule has 0 aromatic heterocycles. The molecule has 8 nitrogen and oxygen atoms in total. The monoisotopic (exact) mass is 386 g/mol. The Hall–Kier alpha value is -3.03. The Morgan fingerprint density at radius 2 is 1.61 bits per heavy atom. The normalized spacial score (nSPS) is 21.2. The molecule has 2 fully saturated rings. The van der Waals surface area contributed by atoms with Crippen LogP contribution in [-0.2, 0) is 23.9 Å². The van der Waals surface area contributed by atoms with Crippen molar-refractivity contribution in [1.82, 2.24) is 4.90 Å². The van der Waals surface area contributed by atoms with E-state index in [0.717, 1.165) is 17.7 Å². The van der Waals surface area contributed by atoms with Crippen LogP contribution in [0, 0.1) is 11.8 Å². The number of fused-ring (bicyclic) bond motifs is 1. The number of rotatable bonds is 6. The number of Topliss-reactive ketones (excluding diaryl/α,β-unsaturated/α-hetero) is 1. The lowest BCUT2D eigenvalue weighted by atomic mass is 9.81. The minimum absolute atomic E-state index is 0.0855. The summed E-state index contributed by atoms with van der Waals surface area (Å²) >= 11 is 0. The van der Waals surface area contributed by atoms with E-state index in [1.165, 1.54) is 6.92 Å². The van der Waals surface area contributed by atoms with Crippen LogP contribution >= 0.6 is 0 Å². The molecule has 2 atom stereocenters. The summed E-state index contributed by atoms with van der Waals surface area (Å²) in [5.74, 6) is -2.73. The predicted octanol–water partition coefficient (Wildman–Crippen LogP) is 1.55. The zero-order valence-electron chi connectivity index (χ0n) is 15.6. The Kier molecular flexibility index (Phi) is 5.87. The van der Waals surface area contributed by atoms with Gasteiger partial charge in [0, 0.05) is 11.3 Å². The van der Waals surface area contributed by atoms with Crippen LogP contribution in [0.2, 0.25) is 0 Å². The zero-order chi connectivity index (χ0) is 20.3. The highest BCUT2D eigenvalue weighted by Gasteiger charge is 2.48. The molecule has 1 aromatic carbocycles. The molecule has 2 aliphatic rings. The second-order valence-corrected chi connectivity index (χ2v) is 7.10. The number of nitrogens with one attached hydrogen (secondary N) is 1. The molecule has 1 N–H and O–H groups in total. The summed E-state index contributed by atoms with van der Waals surface area (Å²) in [4.78, 5) is 60.7. The van der Waals surface area contributed by atoms with Crippen LogP contribution in [0.1, 0.15) is 43.0 Å². The molecule has 0 bridgehead atoms. The first-order chi connectivity index (χ1) is 13.4. The molecule has 1 heterocycles. The largest absolute Gasteiger partial charge is 0.454 e. The third-order valence-electron chi connectivity index (χ3n) is 5.16. The fourth-order valence-corrected chi connectivity index (χ4v) is 3.69. The van der Waals surface area contributed by atoms with Gasteiger partial charge in [-0.2, -0.15) is 0 Å². The quantitative estimate of drug-likeness (QED) is 0.451. The van der Waals surface area contributed by atoms with Gasteiger partial charge in [-0.3, -0.25) is 28.9 Å². The number of ether oxygens (including phenoxy) is 1. The molecule has 1 aliphatic carbocycles. The molecule has 0 unspecified atom stereocenters. The van der Waals surface area contributed by atoms with E-state index in [-0.39, 0.29) is 29.4 Å². The standard InChI is InChI=1S/C20H22N2O6/c1-12(23)13-6-8-14(9-7-13)21-17(24)11-28-18(25)10-22-19(26)15-4-2-3-5-16(15)20(22)27/h6-9,15-16H,2-5,10-11H2,1H3,(H,21,24)/t15-,16-/m1/s1. The predicted molar refractivity (Wildman–Crippen MR) is 98.2 cm³/mol. The van der Waals surface area contributed by atoms with Crippen LogP contribution in [0.25, 0.3) is 0 Å². The summed E-state index contributed by atoms with van der Waals surface area (Å²) in [6.45, 7) is 0.444. The Morgan fingerprint density at radius 1 is 1.04 bits per heavy atom. The molecule has 1 aliphatic heterocycles. The SMILES string of the molecule is CC(=O)c1ccc(NC(=O)COC(=O)CN2C(=O)[C@@H]3CCCC[C@H]3C2=O)cc1. The van der Waals surface area contributed by atoms with E-state index in [0.29, 0.717) is 24.1 Å². The molecule has 28 heavy (non-hydrogen) atoms. The van der Waals surface area contributed by atoms with Crippen molar-refractivity contribution in [3.05, 3.63) is 29.8 Å². The van der Waals surface area contributed by atoms with Crippen LogP contribution in [-0.4, -0.2) is 47.5 Å². The number of nitrogens with zero attached hydrogens (tertiary/aromatic N) is 1. The minimum atomic E-state index is -0.803. The lowest BCUT2D eigenvalue weighted by Gasteiger charge is -2.19. The number of hydrogen-bond acceptors (Lipinski definition) is 6. The van der Waals surface area contributed by atoms with E-state index in [1.54, 1.807) is 24.3 Å². The first-order valence-electron chi connectivity index (χ1n) is 9.28. The lowest BCUT2D eigenvalue weighted by molar-refractivity contribution is -0.154. The Balaban J connectivity index is 1.47. The lowest BCUT2D eigenvalue weighted by Crippen LogP contribution is -2.37. The van der Waals surface area contributed by atoms with Crippen molar-refractivity contribution in [1.29, 1.82) is 0 Å². The van der Waals surface area contributed by atoms with Gasteiger partial charge in [-0.1, -0.05) is 12.8 Å². The van der Waals surface area contributed by atoms with Crippen molar-refractivity contribution >= 4 is 35.2 Å². The maximum absolute atomic E-state index is 12.3. The number of carbonyl (C=O) groups excluding carboxylic acids is 5. The van der Waals surface area contributed by atoms with Crippen molar-refractivity contribution in [2.45, 2.75) is 32.6 Å². The third kappa shape index (κ3) is 4.27. The number of hydrogen-bond donors (Lipinski definition) is 1. The number of likely N-dealkylation sites (tertiary alicyclic amines) is 1. The number of benzene rings is 1. The van der Waals surface area contributed by atoms with Gasteiger partial charge in [0.05, 0.1) is 11.8 Å². The number of imide groups is 1. The molecule has 148 valence electrons. The molecular weight excluding hydrogens is 364 g/mol. The van der Waals surface area contributed by atoms with Gasteiger partial charge in [-0.05, 0) is 44.0 Å². The van der Waals surface area contributed by atoms with Crippen LogP contribution in [0.3, 0.4) is 0 Å². The van der Waals surface area contributed by atoms with Crippen molar-refractivity contribution < 1.29 is 28.7 Å². The van der Waals surface area contributed by atoms with Crippen LogP contribution in [0.4, 0.5) is 5.69 Å². The molecule has 0 spiro atoms. The number of amides is 3. The zero-order valence-corrected chi connectivity index (χ0v) is 15.6. The average molecular weight is 386 g/mol. The molecule has 1 saturated heterocycles. The molecule has 3 rings (SSSR count). The molecule has 1 aromatic rings. The Morgan fingerprint density at radius 3 is 2.14 bits per heavy atom. The highest BCUT2D eigenvalue weighted by molar-refractivity contribution is 6.07.